The molecule has 4 heteroatoms. The summed E-state index contributed by atoms with van der Waals surface area (Å²) in [6.07, 6.45) is 5.29. The third-order valence-corrected chi connectivity index (χ3v) is 2.60. The molecule has 0 aromatic heterocycles. The fourth-order valence-electron chi connectivity index (χ4n) is 1.84. The summed E-state index contributed by atoms with van der Waals surface area (Å²) in [5.74, 6) is 1.62. The predicted molar refractivity (Wildman–Crippen MR) is 63.6 cm³/mol. The van der Waals surface area contributed by atoms with E-state index in [1.807, 2.05) is 18.2 Å². The van der Waals surface area contributed by atoms with Gasteiger partial charge >= 0.3 is 30.0 Å². The van der Waals surface area contributed by atoms with Crippen LogP contribution in [0.15, 0.2) is 18.2 Å². The standard InChI is InChI=1S/C12H15O2.BrH.Zn/c1-13-11-8-4-5-9-12(11)14-10-6-2-3-7-10;;/h5,8-10H,2-3,6-7H2,1H3;1H;/q-1;;+2/p-1. The van der Waals surface area contributed by atoms with Crippen LogP contribution in [0.1, 0.15) is 25.7 Å². The van der Waals surface area contributed by atoms with Gasteiger partial charge in [0, 0.05) is 5.75 Å². The molecular formula is C12H15BrO2Zn. The molecule has 0 saturated heterocycles. The molecule has 1 aliphatic rings. The Kier molecular flexibility index (Phi) is 7.06. The molecule has 1 fully saturated rings. The van der Waals surface area contributed by atoms with Crippen molar-refractivity contribution in [1.82, 2.24) is 0 Å². The summed E-state index contributed by atoms with van der Waals surface area (Å²) in [7, 11) is 1.66. The van der Waals surface area contributed by atoms with Crippen molar-refractivity contribution in [1.29, 1.82) is 0 Å². The minimum atomic E-state index is 0.381. The van der Waals surface area contributed by atoms with Gasteiger partial charge in [-0.25, -0.2) is 0 Å². The molecule has 0 spiro atoms. The van der Waals surface area contributed by atoms with Gasteiger partial charge in [0.05, 0.1) is 19.0 Å². The van der Waals surface area contributed by atoms with E-state index < -0.39 is 0 Å². The molecule has 1 aromatic rings. The van der Waals surface area contributed by atoms with Crippen molar-refractivity contribution < 1.29 is 25.8 Å². The summed E-state index contributed by atoms with van der Waals surface area (Å²) in [4.78, 5) is 0. The van der Waals surface area contributed by atoms with Crippen LogP contribution >= 0.6 is 13.6 Å². The first kappa shape index (κ1) is 14.0. The summed E-state index contributed by atoms with van der Waals surface area (Å²) in [6, 6.07) is 8.55. The Morgan fingerprint density at radius 3 is 2.62 bits per heavy atom. The average Bonchev–Trinajstić information content (AvgIpc) is 2.85. The molecule has 0 aliphatic heterocycles. The van der Waals surface area contributed by atoms with Crippen molar-refractivity contribution in [3.05, 3.63) is 24.3 Å². The Morgan fingerprint density at radius 1 is 1.31 bits per heavy atom. The third kappa shape index (κ3) is 4.06. The van der Waals surface area contributed by atoms with Gasteiger partial charge in [-0.05, 0) is 25.7 Å². The second-order valence-corrected chi connectivity index (χ2v) is 3.60. The molecule has 1 aliphatic carbocycles. The van der Waals surface area contributed by atoms with E-state index in [2.05, 4.69) is 19.7 Å². The number of methoxy groups -OCH3 is 1. The van der Waals surface area contributed by atoms with E-state index in [9.17, 15) is 0 Å². The normalized spacial score (nSPS) is 15.2. The minimum absolute atomic E-state index is 0.381. The molecule has 84 valence electrons. The zero-order valence-electron chi connectivity index (χ0n) is 9.54. The monoisotopic (exact) mass is 334 g/mol. The zero-order valence-corrected chi connectivity index (χ0v) is 14.1. The summed E-state index contributed by atoms with van der Waals surface area (Å²) in [6.45, 7) is 0. The molecule has 0 N–H and O–H groups in total. The first-order chi connectivity index (χ1) is 7.90. The van der Waals surface area contributed by atoms with Gasteiger partial charge in [-0.2, -0.15) is 12.1 Å². The first-order valence-corrected chi connectivity index (χ1v) is 12.3. The summed E-state index contributed by atoms with van der Waals surface area (Å²) in [5.41, 5.74) is 0. The van der Waals surface area contributed by atoms with E-state index in [1.165, 1.54) is 42.0 Å². The fraction of sp³-hybridized carbons (Fsp3) is 0.500. The number of halogens is 1. The Hall–Kier alpha value is -0.0766. The van der Waals surface area contributed by atoms with Crippen molar-refractivity contribution in [3.63, 3.8) is 0 Å². The summed E-state index contributed by atoms with van der Waals surface area (Å²) >= 11 is 4.25. The average molecular weight is 337 g/mol. The zero-order chi connectivity index (χ0) is 11.8. The molecule has 0 bridgehead atoms. The second-order valence-electron chi connectivity index (χ2n) is 3.60. The van der Waals surface area contributed by atoms with Gasteiger partial charge in [0.2, 0.25) is 0 Å². The molecule has 2 rings (SSSR count). The van der Waals surface area contributed by atoms with E-state index in [0.717, 1.165) is 11.5 Å². The van der Waals surface area contributed by atoms with Crippen LogP contribution in [0.3, 0.4) is 0 Å². The van der Waals surface area contributed by atoms with Crippen LogP contribution in [0, 0.1) is 6.07 Å². The summed E-state index contributed by atoms with van der Waals surface area (Å²) < 4.78 is 11.1. The van der Waals surface area contributed by atoms with E-state index in [1.54, 1.807) is 7.11 Å². The maximum absolute atomic E-state index is 5.85. The van der Waals surface area contributed by atoms with Gasteiger partial charge in [-0.15, -0.1) is 12.1 Å². The third-order valence-electron chi connectivity index (χ3n) is 2.60. The van der Waals surface area contributed by atoms with E-state index in [0.29, 0.717) is 6.10 Å². The van der Waals surface area contributed by atoms with Crippen molar-refractivity contribution in [2.45, 2.75) is 31.8 Å². The van der Waals surface area contributed by atoms with Gasteiger partial charge in [0.25, 0.3) is 0 Å². The van der Waals surface area contributed by atoms with Crippen LogP contribution in [-0.4, -0.2) is 13.2 Å². The fourth-order valence-corrected chi connectivity index (χ4v) is 1.84. The van der Waals surface area contributed by atoms with Gasteiger partial charge in [-0.1, -0.05) is 0 Å². The molecule has 1 saturated carbocycles. The van der Waals surface area contributed by atoms with Crippen molar-refractivity contribution in [2.24, 2.45) is 0 Å². The van der Waals surface area contributed by atoms with E-state index >= 15 is 0 Å². The van der Waals surface area contributed by atoms with Gasteiger partial charge in [-0.3, -0.25) is 0 Å². The Labute approximate surface area is 114 Å². The number of hydrogen-bond acceptors (Lipinski definition) is 2. The van der Waals surface area contributed by atoms with Gasteiger partial charge in [0.15, 0.2) is 0 Å². The Balaban J connectivity index is 0.000000606. The summed E-state index contributed by atoms with van der Waals surface area (Å²) in [5, 5.41) is 0. The Morgan fingerprint density at radius 2 is 2.00 bits per heavy atom. The molecule has 0 radical (unpaired) electrons. The molecule has 0 amide bonds. The molecule has 0 heterocycles. The Bertz CT molecular complexity index is 301. The van der Waals surface area contributed by atoms with Crippen LogP contribution in [0.4, 0.5) is 0 Å². The van der Waals surface area contributed by atoms with Crippen molar-refractivity contribution in [3.8, 4) is 11.5 Å². The van der Waals surface area contributed by atoms with Gasteiger partial charge in [0.1, 0.15) is 0 Å². The second kappa shape index (κ2) is 8.08. The maximum atomic E-state index is 5.85. The SMILES string of the molecule is COc1c[c-]ccc1OC1CCCC1.[Zn+][Br]. The molecule has 1 aromatic carbocycles. The van der Waals surface area contributed by atoms with Crippen LogP contribution in [-0.2, 0) is 16.3 Å². The van der Waals surface area contributed by atoms with E-state index in [-0.39, 0.29) is 0 Å². The van der Waals surface area contributed by atoms with Crippen LogP contribution in [0.5, 0.6) is 11.5 Å². The molecule has 2 nitrogen and oxygen atoms in total. The van der Waals surface area contributed by atoms with E-state index in [4.69, 9.17) is 9.47 Å². The van der Waals surface area contributed by atoms with Crippen molar-refractivity contribution in [2.75, 3.05) is 7.11 Å². The van der Waals surface area contributed by atoms with Crippen LogP contribution in [0.25, 0.3) is 0 Å². The topological polar surface area (TPSA) is 18.5 Å². The molecule has 0 atom stereocenters. The molecule has 0 unspecified atom stereocenters. The van der Waals surface area contributed by atoms with Crippen LogP contribution in [0.2, 0.25) is 0 Å². The first-order valence-electron chi connectivity index (χ1n) is 5.37. The number of benzene rings is 1. The number of ether oxygens (including phenoxy) is 2. The quantitative estimate of drug-likeness (QED) is 0.619. The number of hydrogen-bond donors (Lipinski definition) is 0. The predicted octanol–water partition coefficient (Wildman–Crippen LogP) is 3.66. The molecule has 16 heavy (non-hydrogen) atoms. The number of rotatable bonds is 3. The molecular weight excluding hydrogens is 321 g/mol. The van der Waals surface area contributed by atoms with Crippen LogP contribution < -0.4 is 9.47 Å². The van der Waals surface area contributed by atoms with Crippen molar-refractivity contribution >= 4 is 13.6 Å². The van der Waals surface area contributed by atoms with Gasteiger partial charge < -0.3 is 9.47 Å².